The van der Waals surface area contributed by atoms with Crippen molar-refractivity contribution in [3.05, 3.63) is 16.0 Å². The van der Waals surface area contributed by atoms with E-state index in [2.05, 4.69) is 25.9 Å². The minimum Gasteiger partial charge on any atom is -0.382 e. The Kier molecular flexibility index (Phi) is 3.03. The van der Waals surface area contributed by atoms with Crippen LogP contribution in [-0.4, -0.2) is 9.97 Å². The first-order valence-electron chi connectivity index (χ1n) is 3.99. The van der Waals surface area contributed by atoms with E-state index in [1.807, 2.05) is 13.8 Å². The molecule has 1 rings (SSSR count). The molecule has 0 aliphatic carbocycles. The molecule has 0 atom stereocenters. The Hall–Kier alpha value is -0.640. The normalized spacial score (nSPS) is 10.2. The predicted molar refractivity (Wildman–Crippen MR) is 52.9 cm³/mol. The Morgan fingerprint density at radius 3 is 2.25 bits per heavy atom. The maximum Gasteiger partial charge on any atom is 0.145 e. The number of nitrogens with zero attached hydrogens (tertiary/aromatic N) is 2. The molecule has 0 saturated heterocycles. The lowest BCUT2D eigenvalue weighted by molar-refractivity contribution is 0.926. The first kappa shape index (κ1) is 9.45. The molecule has 1 aromatic rings. The summed E-state index contributed by atoms with van der Waals surface area (Å²) in [5, 5.41) is 0. The van der Waals surface area contributed by atoms with Gasteiger partial charge in [-0.25, -0.2) is 9.97 Å². The summed E-state index contributed by atoms with van der Waals surface area (Å²) in [7, 11) is 0. The molecule has 4 heteroatoms. The van der Waals surface area contributed by atoms with Gasteiger partial charge in [-0.3, -0.25) is 0 Å². The number of halogens is 1. The Labute approximate surface area is 80.5 Å². The average Bonchev–Trinajstić information content (AvgIpc) is 2.08. The van der Waals surface area contributed by atoms with Gasteiger partial charge in [0.25, 0.3) is 0 Å². The SMILES string of the molecule is CCc1nc(Br)c(CC)nc1N. The number of aryl methyl sites for hydroxylation is 2. The summed E-state index contributed by atoms with van der Waals surface area (Å²) in [6.07, 6.45) is 1.67. The number of aromatic nitrogens is 2. The minimum absolute atomic E-state index is 0.553. The molecule has 0 unspecified atom stereocenters. The van der Waals surface area contributed by atoms with Crippen LogP contribution < -0.4 is 5.73 Å². The molecule has 0 radical (unpaired) electrons. The molecule has 1 heterocycles. The number of nitrogens with two attached hydrogens (primary N) is 1. The third-order valence-corrected chi connectivity index (χ3v) is 2.33. The minimum atomic E-state index is 0.553. The van der Waals surface area contributed by atoms with Crippen molar-refractivity contribution in [3.8, 4) is 0 Å². The summed E-state index contributed by atoms with van der Waals surface area (Å²) in [5.74, 6) is 0.553. The van der Waals surface area contributed by atoms with Crippen molar-refractivity contribution in [2.45, 2.75) is 26.7 Å². The zero-order chi connectivity index (χ0) is 9.14. The van der Waals surface area contributed by atoms with Crippen molar-refractivity contribution >= 4 is 21.7 Å². The van der Waals surface area contributed by atoms with Gasteiger partial charge in [-0.15, -0.1) is 0 Å². The van der Waals surface area contributed by atoms with Crippen LogP contribution in [-0.2, 0) is 12.8 Å². The Morgan fingerprint density at radius 2 is 1.75 bits per heavy atom. The molecular weight excluding hydrogens is 218 g/mol. The van der Waals surface area contributed by atoms with Crippen LogP contribution >= 0.6 is 15.9 Å². The number of anilines is 1. The van der Waals surface area contributed by atoms with Gasteiger partial charge in [0, 0.05) is 0 Å². The van der Waals surface area contributed by atoms with E-state index in [1.165, 1.54) is 0 Å². The van der Waals surface area contributed by atoms with Gasteiger partial charge in [0.15, 0.2) is 0 Å². The fourth-order valence-electron chi connectivity index (χ4n) is 0.981. The summed E-state index contributed by atoms with van der Waals surface area (Å²) in [6, 6.07) is 0. The first-order chi connectivity index (χ1) is 5.69. The summed E-state index contributed by atoms with van der Waals surface area (Å²) >= 11 is 3.35. The van der Waals surface area contributed by atoms with Gasteiger partial charge in [-0.1, -0.05) is 13.8 Å². The van der Waals surface area contributed by atoms with Crippen LogP contribution in [0.5, 0.6) is 0 Å². The summed E-state index contributed by atoms with van der Waals surface area (Å²) < 4.78 is 0.816. The molecule has 0 fully saturated rings. The van der Waals surface area contributed by atoms with E-state index < -0.39 is 0 Å². The van der Waals surface area contributed by atoms with Crippen molar-refractivity contribution in [2.75, 3.05) is 5.73 Å². The van der Waals surface area contributed by atoms with E-state index in [0.29, 0.717) is 5.82 Å². The quantitative estimate of drug-likeness (QED) is 0.844. The largest absolute Gasteiger partial charge is 0.382 e. The van der Waals surface area contributed by atoms with Gasteiger partial charge in [0.2, 0.25) is 0 Å². The lowest BCUT2D eigenvalue weighted by Gasteiger charge is -2.05. The van der Waals surface area contributed by atoms with Gasteiger partial charge in [-0.2, -0.15) is 0 Å². The number of nitrogen functional groups attached to an aromatic ring is 1. The van der Waals surface area contributed by atoms with E-state index in [0.717, 1.165) is 28.8 Å². The van der Waals surface area contributed by atoms with Gasteiger partial charge in [0.1, 0.15) is 10.4 Å². The number of rotatable bonds is 2. The molecule has 1 aromatic heterocycles. The van der Waals surface area contributed by atoms with E-state index in [4.69, 9.17) is 5.73 Å². The van der Waals surface area contributed by atoms with Crippen LogP contribution in [0.2, 0.25) is 0 Å². The molecule has 0 aromatic carbocycles. The molecule has 0 saturated carbocycles. The van der Waals surface area contributed by atoms with Crippen LogP contribution in [0.3, 0.4) is 0 Å². The highest BCUT2D eigenvalue weighted by molar-refractivity contribution is 9.10. The van der Waals surface area contributed by atoms with Crippen molar-refractivity contribution in [3.63, 3.8) is 0 Å². The lowest BCUT2D eigenvalue weighted by Crippen LogP contribution is -2.04. The Bertz CT molecular complexity index is 256. The zero-order valence-corrected chi connectivity index (χ0v) is 8.85. The van der Waals surface area contributed by atoms with Crippen LogP contribution in [0.15, 0.2) is 4.60 Å². The zero-order valence-electron chi connectivity index (χ0n) is 7.26. The molecule has 0 spiro atoms. The van der Waals surface area contributed by atoms with Crippen LogP contribution in [0.25, 0.3) is 0 Å². The number of hydrogen-bond donors (Lipinski definition) is 1. The fourth-order valence-corrected chi connectivity index (χ4v) is 1.56. The predicted octanol–water partition coefficient (Wildman–Crippen LogP) is 1.95. The van der Waals surface area contributed by atoms with E-state index in [9.17, 15) is 0 Å². The number of hydrogen-bond acceptors (Lipinski definition) is 3. The second-order valence-electron chi connectivity index (χ2n) is 2.50. The van der Waals surface area contributed by atoms with Crippen molar-refractivity contribution in [1.29, 1.82) is 0 Å². The van der Waals surface area contributed by atoms with E-state index >= 15 is 0 Å². The third kappa shape index (κ3) is 1.75. The molecule has 0 amide bonds. The van der Waals surface area contributed by atoms with E-state index in [-0.39, 0.29) is 0 Å². The van der Waals surface area contributed by atoms with Crippen molar-refractivity contribution in [2.24, 2.45) is 0 Å². The molecule has 3 nitrogen and oxygen atoms in total. The first-order valence-corrected chi connectivity index (χ1v) is 4.79. The summed E-state index contributed by atoms with van der Waals surface area (Å²) in [6.45, 7) is 4.04. The maximum absolute atomic E-state index is 5.68. The lowest BCUT2D eigenvalue weighted by atomic mass is 10.3. The fraction of sp³-hybridized carbons (Fsp3) is 0.500. The Balaban J connectivity index is 3.16. The summed E-state index contributed by atoms with van der Waals surface area (Å²) in [5.41, 5.74) is 7.46. The molecule has 0 aliphatic heterocycles. The smallest absolute Gasteiger partial charge is 0.145 e. The van der Waals surface area contributed by atoms with Crippen molar-refractivity contribution in [1.82, 2.24) is 9.97 Å². The van der Waals surface area contributed by atoms with Gasteiger partial charge < -0.3 is 5.73 Å². The molecule has 66 valence electrons. The Morgan fingerprint density at radius 1 is 1.17 bits per heavy atom. The topological polar surface area (TPSA) is 51.8 Å². The molecular formula is C8H12BrN3. The van der Waals surface area contributed by atoms with Crippen molar-refractivity contribution < 1.29 is 0 Å². The molecule has 2 N–H and O–H groups in total. The molecule has 0 aliphatic rings. The van der Waals surface area contributed by atoms with Crippen LogP contribution in [0, 0.1) is 0 Å². The molecule has 0 bridgehead atoms. The van der Waals surface area contributed by atoms with Crippen LogP contribution in [0.4, 0.5) is 5.82 Å². The van der Waals surface area contributed by atoms with Gasteiger partial charge >= 0.3 is 0 Å². The summed E-state index contributed by atoms with van der Waals surface area (Å²) in [4.78, 5) is 8.52. The second kappa shape index (κ2) is 3.85. The highest BCUT2D eigenvalue weighted by Crippen LogP contribution is 2.16. The highest BCUT2D eigenvalue weighted by Gasteiger charge is 2.06. The molecule has 12 heavy (non-hydrogen) atoms. The van der Waals surface area contributed by atoms with Gasteiger partial charge in [-0.05, 0) is 28.8 Å². The highest BCUT2D eigenvalue weighted by atomic mass is 79.9. The maximum atomic E-state index is 5.68. The van der Waals surface area contributed by atoms with Crippen LogP contribution in [0.1, 0.15) is 25.2 Å². The standard InChI is InChI=1S/C8H12BrN3/c1-3-5-7(9)11-6(4-2)8(10)12-5/h3-4H2,1-2H3,(H2,10,12). The van der Waals surface area contributed by atoms with E-state index in [1.54, 1.807) is 0 Å². The average molecular weight is 230 g/mol. The monoisotopic (exact) mass is 229 g/mol. The second-order valence-corrected chi connectivity index (χ2v) is 3.25. The third-order valence-electron chi connectivity index (χ3n) is 1.69. The van der Waals surface area contributed by atoms with Gasteiger partial charge in [0.05, 0.1) is 11.4 Å².